The Kier molecular flexibility index (Phi) is 3.04. The molecule has 3 heteroatoms. The summed E-state index contributed by atoms with van der Waals surface area (Å²) < 4.78 is 1.35. The first-order chi connectivity index (χ1) is 8.34. The Morgan fingerprint density at radius 3 is 2.88 bits per heavy atom. The minimum absolute atomic E-state index is 0.308. The molecule has 1 saturated carbocycles. The molecule has 17 heavy (non-hydrogen) atoms. The van der Waals surface area contributed by atoms with Crippen LogP contribution in [0, 0.1) is 0 Å². The molecule has 2 aromatic rings. The van der Waals surface area contributed by atoms with Crippen LogP contribution in [0.4, 0.5) is 5.69 Å². The molecule has 0 spiro atoms. The summed E-state index contributed by atoms with van der Waals surface area (Å²) in [5, 5.41) is 7.18. The van der Waals surface area contributed by atoms with E-state index in [1.807, 2.05) is 0 Å². The van der Waals surface area contributed by atoms with Gasteiger partial charge in [0.2, 0.25) is 0 Å². The molecular weight excluding hydrogens is 228 g/mol. The van der Waals surface area contributed by atoms with Crippen molar-refractivity contribution in [2.45, 2.75) is 37.8 Å². The molecular formula is C14H18N2S. The molecule has 1 heterocycles. The van der Waals surface area contributed by atoms with Crippen molar-refractivity contribution in [1.29, 1.82) is 0 Å². The maximum atomic E-state index is 6.18. The van der Waals surface area contributed by atoms with Gasteiger partial charge in [0.1, 0.15) is 0 Å². The van der Waals surface area contributed by atoms with Crippen molar-refractivity contribution in [1.82, 2.24) is 0 Å². The van der Waals surface area contributed by atoms with Crippen LogP contribution < -0.4 is 11.1 Å². The van der Waals surface area contributed by atoms with Gasteiger partial charge in [-0.15, -0.1) is 11.3 Å². The van der Waals surface area contributed by atoms with Gasteiger partial charge in [-0.2, -0.15) is 0 Å². The molecule has 3 rings (SSSR count). The van der Waals surface area contributed by atoms with Crippen molar-refractivity contribution in [2.24, 2.45) is 5.73 Å². The van der Waals surface area contributed by atoms with Gasteiger partial charge < -0.3 is 11.1 Å². The molecule has 1 aliphatic carbocycles. The van der Waals surface area contributed by atoms with Crippen LogP contribution in [0.1, 0.15) is 25.7 Å². The van der Waals surface area contributed by atoms with E-state index in [0.717, 1.165) is 6.42 Å². The molecule has 0 bridgehead atoms. The van der Waals surface area contributed by atoms with E-state index < -0.39 is 0 Å². The number of nitrogens with one attached hydrogen (secondary N) is 1. The lowest BCUT2D eigenvalue weighted by atomic mass is 9.91. The topological polar surface area (TPSA) is 38.0 Å². The summed E-state index contributed by atoms with van der Waals surface area (Å²) in [5.74, 6) is 0. The lowest BCUT2D eigenvalue weighted by Crippen LogP contribution is -2.42. The molecule has 1 aliphatic rings. The largest absolute Gasteiger partial charge is 0.380 e. The summed E-state index contributed by atoms with van der Waals surface area (Å²) in [4.78, 5) is 0. The molecule has 1 fully saturated rings. The highest BCUT2D eigenvalue weighted by Crippen LogP contribution is 2.32. The third-order valence-corrected chi connectivity index (χ3v) is 4.60. The zero-order valence-corrected chi connectivity index (χ0v) is 10.7. The van der Waals surface area contributed by atoms with Crippen LogP contribution in [0.3, 0.4) is 0 Å². The van der Waals surface area contributed by atoms with Crippen molar-refractivity contribution in [3.05, 3.63) is 29.6 Å². The van der Waals surface area contributed by atoms with Gasteiger partial charge in [0.05, 0.1) is 5.69 Å². The Morgan fingerprint density at radius 2 is 2.00 bits per heavy atom. The Labute approximate surface area is 106 Å². The minimum Gasteiger partial charge on any atom is -0.380 e. The van der Waals surface area contributed by atoms with Gasteiger partial charge in [-0.1, -0.05) is 31.0 Å². The summed E-state index contributed by atoms with van der Waals surface area (Å²) >= 11 is 1.80. The summed E-state index contributed by atoms with van der Waals surface area (Å²) in [7, 11) is 0. The minimum atomic E-state index is 0.308. The molecule has 3 N–H and O–H groups in total. The van der Waals surface area contributed by atoms with E-state index in [0.29, 0.717) is 12.1 Å². The Bertz CT molecular complexity index is 506. The SMILES string of the molecule is NC1CCCCC1Nc1csc2ccccc12. The fourth-order valence-electron chi connectivity index (χ4n) is 2.63. The highest BCUT2D eigenvalue weighted by Gasteiger charge is 2.22. The quantitative estimate of drug-likeness (QED) is 0.850. The maximum absolute atomic E-state index is 6.18. The molecule has 0 amide bonds. The van der Waals surface area contributed by atoms with Gasteiger partial charge in [-0.05, 0) is 18.9 Å². The summed E-state index contributed by atoms with van der Waals surface area (Å²) in [6.45, 7) is 0. The molecule has 0 saturated heterocycles. The predicted octanol–water partition coefficient (Wildman–Crippen LogP) is 3.58. The number of hydrogen-bond donors (Lipinski definition) is 2. The Hall–Kier alpha value is -1.06. The summed E-state index contributed by atoms with van der Waals surface area (Å²) in [5.41, 5.74) is 7.44. The monoisotopic (exact) mass is 246 g/mol. The number of thiophene rings is 1. The summed E-state index contributed by atoms with van der Waals surface area (Å²) in [6, 6.07) is 9.30. The molecule has 2 nitrogen and oxygen atoms in total. The zero-order valence-electron chi connectivity index (χ0n) is 9.86. The molecule has 1 aromatic heterocycles. The number of benzene rings is 1. The third-order valence-electron chi connectivity index (χ3n) is 3.64. The number of fused-ring (bicyclic) bond motifs is 1. The molecule has 1 aromatic carbocycles. The maximum Gasteiger partial charge on any atom is 0.0531 e. The van der Waals surface area contributed by atoms with Crippen molar-refractivity contribution in [3.63, 3.8) is 0 Å². The van der Waals surface area contributed by atoms with Gasteiger partial charge in [-0.25, -0.2) is 0 Å². The van der Waals surface area contributed by atoms with Gasteiger partial charge in [-0.3, -0.25) is 0 Å². The lowest BCUT2D eigenvalue weighted by Gasteiger charge is -2.29. The van der Waals surface area contributed by atoms with Crippen molar-refractivity contribution in [3.8, 4) is 0 Å². The smallest absolute Gasteiger partial charge is 0.0531 e. The Morgan fingerprint density at radius 1 is 1.18 bits per heavy atom. The van der Waals surface area contributed by atoms with Crippen LogP contribution >= 0.6 is 11.3 Å². The second kappa shape index (κ2) is 4.67. The lowest BCUT2D eigenvalue weighted by molar-refractivity contribution is 0.404. The molecule has 0 radical (unpaired) electrons. The van der Waals surface area contributed by atoms with Gasteiger partial charge >= 0.3 is 0 Å². The van der Waals surface area contributed by atoms with Crippen LogP contribution in [-0.2, 0) is 0 Å². The Balaban J connectivity index is 1.84. The first kappa shape index (κ1) is 11.1. The van der Waals surface area contributed by atoms with E-state index in [4.69, 9.17) is 5.73 Å². The van der Waals surface area contributed by atoms with Crippen molar-refractivity contribution < 1.29 is 0 Å². The number of rotatable bonds is 2. The van der Waals surface area contributed by atoms with Crippen LogP contribution in [0.5, 0.6) is 0 Å². The average molecular weight is 246 g/mol. The van der Waals surface area contributed by atoms with E-state index in [-0.39, 0.29) is 0 Å². The van der Waals surface area contributed by atoms with E-state index in [1.165, 1.54) is 35.0 Å². The van der Waals surface area contributed by atoms with Crippen LogP contribution in [0.15, 0.2) is 29.6 Å². The standard InChI is InChI=1S/C14H18N2S/c15-11-6-2-3-7-12(11)16-13-9-17-14-8-4-1-5-10(13)14/h1,4-5,8-9,11-12,16H,2-3,6-7,15H2. The van der Waals surface area contributed by atoms with E-state index in [9.17, 15) is 0 Å². The predicted molar refractivity (Wildman–Crippen MR) is 75.7 cm³/mol. The zero-order chi connectivity index (χ0) is 11.7. The van der Waals surface area contributed by atoms with Crippen molar-refractivity contribution >= 4 is 27.1 Å². The van der Waals surface area contributed by atoms with Crippen LogP contribution in [0.25, 0.3) is 10.1 Å². The van der Waals surface area contributed by atoms with Gasteiger partial charge in [0.15, 0.2) is 0 Å². The first-order valence-corrected chi connectivity index (χ1v) is 7.21. The number of hydrogen-bond acceptors (Lipinski definition) is 3. The molecule has 2 atom stereocenters. The highest BCUT2D eigenvalue weighted by molar-refractivity contribution is 7.17. The second-order valence-electron chi connectivity index (χ2n) is 4.84. The summed E-state index contributed by atoms with van der Waals surface area (Å²) in [6.07, 6.45) is 4.93. The molecule has 90 valence electrons. The number of nitrogens with two attached hydrogens (primary N) is 1. The molecule has 0 aliphatic heterocycles. The van der Waals surface area contributed by atoms with E-state index in [2.05, 4.69) is 35.0 Å². The first-order valence-electron chi connectivity index (χ1n) is 6.33. The van der Waals surface area contributed by atoms with Gasteiger partial charge in [0, 0.05) is 27.5 Å². The third kappa shape index (κ3) is 2.17. The van der Waals surface area contributed by atoms with E-state index in [1.54, 1.807) is 11.3 Å². The fraction of sp³-hybridized carbons (Fsp3) is 0.429. The number of anilines is 1. The second-order valence-corrected chi connectivity index (χ2v) is 5.76. The highest BCUT2D eigenvalue weighted by atomic mass is 32.1. The normalized spacial score (nSPS) is 25.0. The van der Waals surface area contributed by atoms with Crippen LogP contribution in [-0.4, -0.2) is 12.1 Å². The van der Waals surface area contributed by atoms with Gasteiger partial charge in [0.25, 0.3) is 0 Å². The van der Waals surface area contributed by atoms with Crippen LogP contribution in [0.2, 0.25) is 0 Å². The molecule has 2 unspecified atom stereocenters. The average Bonchev–Trinajstić information content (AvgIpc) is 2.76. The fourth-order valence-corrected chi connectivity index (χ4v) is 3.53. The van der Waals surface area contributed by atoms with E-state index >= 15 is 0 Å². The van der Waals surface area contributed by atoms with Crippen molar-refractivity contribution in [2.75, 3.05) is 5.32 Å².